The molecule has 0 aliphatic rings. The number of nitrogens with one attached hydrogen (secondary N) is 1. The largest absolute Gasteiger partial charge is 0.481 e. The molecule has 0 radical (unpaired) electrons. The van der Waals surface area contributed by atoms with Crippen molar-refractivity contribution in [2.45, 2.75) is 66.0 Å². The zero-order valence-electron chi connectivity index (χ0n) is 17.0. The molecule has 0 spiro atoms. The van der Waals surface area contributed by atoms with Crippen molar-refractivity contribution < 1.29 is 9.53 Å². The molecular formula is C23H31NO2. The molecular weight excluding hydrogens is 322 g/mol. The number of benzene rings is 2. The summed E-state index contributed by atoms with van der Waals surface area (Å²) in [5.74, 6) is 0.615. The average Bonchev–Trinajstić information content (AvgIpc) is 2.53. The molecule has 0 saturated heterocycles. The third-order valence-corrected chi connectivity index (χ3v) is 4.51. The summed E-state index contributed by atoms with van der Waals surface area (Å²) < 4.78 is 5.83. The molecule has 2 rings (SSSR count). The first-order valence-electron chi connectivity index (χ1n) is 9.22. The van der Waals surface area contributed by atoms with Gasteiger partial charge >= 0.3 is 0 Å². The molecule has 26 heavy (non-hydrogen) atoms. The lowest BCUT2D eigenvalue weighted by atomic mass is 9.86. The van der Waals surface area contributed by atoms with Crippen LogP contribution in [-0.4, -0.2) is 12.0 Å². The average molecular weight is 354 g/mol. The fourth-order valence-electron chi connectivity index (χ4n) is 2.94. The minimum Gasteiger partial charge on any atom is -0.481 e. The SMILES string of the molecule is Cc1cc(C)cc(O[C@@H](C)C(=O)N[C@@H](C)c2ccc(C(C)(C)C)cc2)c1. The van der Waals surface area contributed by atoms with Gasteiger partial charge in [-0.3, -0.25) is 4.79 Å². The lowest BCUT2D eigenvalue weighted by Gasteiger charge is -2.22. The minimum absolute atomic E-state index is 0.0678. The van der Waals surface area contributed by atoms with Crippen LogP contribution >= 0.6 is 0 Å². The number of amides is 1. The zero-order valence-corrected chi connectivity index (χ0v) is 17.0. The third-order valence-electron chi connectivity index (χ3n) is 4.51. The van der Waals surface area contributed by atoms with E-state index in [1.165, 1.54) is 5.56 Å². The molecule has 1 amide bonds. The van der Waals surface area contributed by atoms with Crippen molar-refractivity contribution in [2.24, 2.45) is 0 Å². The van der Waals surface area contributed by atoms with E-state index in [9.17, 15) is 4.79 Å². The number of ether oxygens (including phenoxy) is 1. The Labute approximate surface area is 157 Å². The van der Waals surface area contributed by atoms with Crippen LogP contribution in [0.5, 0.6) is 5.75 Å². The standard InChI is InChI=1S/C23H31NO2/c1-15-12-16(2)14-21(13-15)26-18(4)22(25)24-17(3)19-8-10-20(11-9-19)23(5,6)7/h8-14,17-18H,1-7H3,(H,24,25)/t17-,18-/m0/s1. The number of hydrogen-bond acceptors (Lipinski definition) is 2. The molecule has 0 unspecified atom stereocenters. The summed E-state index contributed by atoms with van der Waals surface area (Å²) >= 11 is 0. The molecule has 0 aromatic heterocycles. The van der Waals surface area contributed by atoms with Gasteiger partial charge in [0.25, 0.3) is 5.91 Å². The maximum absolute atomic E-state index is 12.5. The molecule has 2 atom stereocenters. The smallest absolute Gasteiger partial charge is 0.261 e. The molecule has 0 saturated carbocycles. The molecule has 0 fully saturated rings. The maximum Gasteiger partial charge on any atom is 0.261 e. The van der Waals surface area contributed by atoms with Crippen LogP contribution in [0.15, 0.2) is 42.5 Å². The first kappa shape index (κ1) is 20.0. The van der Waals surface area contributed by atoms with E-state index in [1.54, 1.807) is 6.92 Å². The van der Waals surface area contributed by atoms with Gasteiger partial charge in [-0.25, -0.2) is 0 Å². The van der Waals surface area contributed by atoms with Crippen LogP contribution < -0.4 is 10.1 Å². The van der Waals surface area contributed by atoms with Crippen LogP contribution in [0, 0.1) is 13.8 Å². The van der Waals surface area contributed by atoms with Gasteiger partial charge in [-0.15, -0.1) is 0 Å². The summed E-state index contributed by atoms with van der Waals surface area (Å²) in [6.07, 6.45) is -0.549. The summed E-state index contributed by atoms with van der Waals surface area (Å²) in [6, 6.07) is 14.3. The Morgan fingerprint density at radius 2 is 1.50 bits per heavy atom. The molecule has 0 aliphatic carbocycles. The van der Waals surface area contributed by atoms with Gasteiger partial charge in [-0.2, -0.15) is 0 Å². The summed E-state index contributed by atoms with van der Waals surface area (Å²) in [7, 11) is 0. The summed E-state index contributed by atoms with van der Waals surface area (Å²) in [5, 5.41) is 3.04. The quantitative estimate of drug-likeness (QED) is 0.798. The summed E-state index contributed by atoms with van der Waals surface area (Å²) in [6.45, 7) is 14.4. The Hall–Kier alpha value is -2.29. The predicted molar refractivity (Wildman–Crippen MR) is 108 cm³/mol. The van der Waals surface area contributed by atoms with Crippen LogP contribution in [0.3, 0.4) is 0 Å². The number of carbonyl (C=O) groups excluding carboxylic acids is 1. The van der Waals surface area contributed by atoms with Crippen molar-refractivity contribution in [1.82, 2.24) is 5.32 Å². The third kappa shape index (κ3) is 5.35. The topological polar surface area (TPSA) is 38.3 Å². The number of aryl methyl sites for hydroxylation is 2. The highest BCUT2D eigenvalue weighted by atomic mass is 16.5. The molecule has 2 aromatic carbocycles. The minimum atomic E-state index is -0.549. The van der Waals surface area contributed by atoms with Gasteiger partial charge in [0.05, 0.1) is 6.04 Å². The predicted octanol–water partition coefficient (Wildman–Crippen LogP) is 5.25. The fourth-order valence-corrected chi connectivity index (χ4v) is 2.94. The second kappa shape index (κ2) is 7.94. The van der Waals surface area contributed by atoms with Crippen molar-refractivity contribution in [3.63, 3.8) is 0 Å². The summed E-state index contributed by atoms with van der Waals surface area (Å²) in [4.78, 5) is 12.5. The van der Waals surface area contributed by atoms with Gasteiger partial charge in [0.15, 0.2) is 6.10 Å². The molecule has 0 aliphatic heterocycles. The first-order valence-corrected chi connectivity index (χ1v) is 9.22. The molecule has 3 nitrogen and oxygen atoms in total. The Balaban J connectivity index is 1.99. The van der Waals surface area contributed by atoms with Crippen molar-refractivity contribution in [3.05, 3.63) is 64.7 Å². The van der Waals surface area contributed by atoms with E-state index in [4.69, 9.17) is 4.74 Å². The Morgan fingerprint density at radius 3 is 2.00 bits per heavy atom. The number of hydrogen-bond donors (Lipinski definition) is 1. The fraction of sp³-hybridized carbons (Fsp3) is 0.435. The van der Waals surface area contributed by atoms with Gasteiger partial charge in [0.1, 0.15) is 5.75 Å². The highest BCUT2D eigenvalue weighted by Gasteiger charge is 2.19. The van der Waals surface area contributed by atoms with Crippen molar-refractivity contribution >= 4 is 5.91 Å². The Kier molecular flexibility index (Phi) is 6.12. The number of carbonyl (C=O) groups is 1. The van der Waals surface area contributed by atoms with Gasteiger partial charge in [-0.1, -0.05) is 51.1 Å². The van der Waals surface area contributed by atoms with E-state index >= 15 is 0 Å². The second-order valence-electron chi connectivity index (χ2n) is 8.19. The molecule has 2 aromatic rings. The zero-order chi connectivity index (χ0) is 19.5. The lowest BCUT2D eigenvalue weighted by molar-refractivity contribution is -0.127. The maximum atomic E-state index is 12.5. The van der Waals surface area contributed by atoms with Gasteiger partial charge in [-0.05, 0) is 67.5 Å². The Morgan fingerprint density at radius 1 is 0.962 bits per heavy atom. The molecule has 140 valence electrons. The van der Waals surface area contributed by atoms with E-state index in [1.807, 2.05) is 32.9 Å². The summed E-state index contributed by atoms with van der Waals surface area (Å²) in [5.41, 5.74) is 4.75. The van der Waals surface area contributed by atoms with Crippen molar-refractivity contribution in [1.29, 1.82) is 0 Å². The molecule has 3 heteroatoms. The lowest BCUT2D eigenvalue weighted by Crippen LogP contribution is -2.37. The monoisotopic (exact) mass is 353 g/mol. The van der Waals surface area contributed by atoms with Gasteiger partial charge in [0.2, 0.25) is 0 Å². The molecule has 0 bridgehead atoms. The van der Waals surface area contributed by atoms with Crippen LogP contribution in [0.2, 0.25) is 0 Å². The number of rotatable bonds is 5. The van der Waals surface area contributed by atoms with Crippen molar-refractivity contribution in [3.8, 4) is 5.75 Å². The van der Waals surface area contributed by atoms with Crippen LogP contribution in [0.25, 0.3) is 0 Å². The van der Waals surface area contributed by atoms with Gasteiger partial charge in [0, 0.05) is 0 Å². The second-order valence-corrected chi connectivity index (χ2v) is 8.19. The first-order chi connectivity index (χ1) is 12.1. The van der Waals surface area contributed by atoms with Crippen LogP contribution in [-0.2, 0) is 10.2 Å². The highest BCUT2D eigenvalue weighted by molar-refractivity contribution is 5.81. The van der Waals surface area contributed by atoms with E-state index in [0.29, 0.717) is 0 Å². The molecule has 1 N–H and O–H groups in total. The normalized spacial score (nSPS) is 13.8. The molecule has 0 heterocycles. The van der Waals surface area contributed by atoms with Crippen LogP contribution in [0.1, 0.15) is 62.9 Å². The highest BCUT2D eigenvalue weighted by Crippen LogP contribution is 2.24. The van der Waals surface area contributed by atoms with E-state index in [-0.39, 0.29) is 17.4 Å². The van der Waals surface area contributed by atoms with E-state index in [0.717, 1.165) is 22.4 Å². The Bertz CT molecular complexity index is 737. The van der Waals surface area contributed by atoms with Crippen molar-refractivity contribution in [2.75, 3.05) is 0 Å². The van der Waals surface area contributed by atoms with E-state index in [2.05, 4.69) is 56.4 Å². The van der Waals surface area contributed by atoms with Gasteiger partial charge < -0.3 is 10.1 Å². The van der Waals surface area contributed by atoms with E-state index < -0.39 is 6.10 Å². The van der Waals surface area contributed by atoms with Crippen LogP contribution in [0.4, 0.5) is 0 Å².